The second-order valence-corrected chi connectivity index (χ2v) is 6.52. The Labute approximate surface area is 159 Å². The van der Waals surface area contributed by atoms with E-state index >= 15 is 0 Å². The van der Waals surface area contributed by atoms with Crippen LogP contribution in [0.2, 0.25) is 5.02 Å². The average Bonchev–Trinajstić information content (AvgIpc) is 2.66. The Morgan fingerprint density at radius 1 is 0.962 bits per heavy atom. The first-order chi connectivity index (χ1) is 12.6. The number of hydrogen-bond donors (Lipinski definition) is 1. The minimum Gasteiger partial charge on any atom is -0.348 e. The Hall–Kier alpha value is -2.84. The minimum atomic E-state index is -0.127. The molecule has 0 bridgehead atoms. The van der Waals surface area contributed by atoms with Gasteiger partial charge in [-0.1, -0.05) is 90.0 Å². The van der Waals surface area contributed by atoms with Gasteiger partial charge in [-0.2, -0.15) is 0 Å². The summed E-state index contributed by atoms with van der Waals surface area (Å²) in [5.41, 5.74) is 4.51. The molecule has 0 aromatic heterocycles. The number of carbonyl (C=O) groups excluding carboxylic acids is 1. The molecule has 0 unspecified atom stereocenters. The molecule has 3 aromatic rings. The van der Waals surface area contributed by atoms with E-state index in [9.17, 15) is 4.79 Å². The first-order valence-corrected chi connectivity index (χ1v) is 8.86. The van der Waals surface area contributed by atoms with Crippen LogP contribution in [-0.4, -0.2) is 5.91 Å². The molecule has 3 rings (SSSR count). The lowest BCUT2D eigenvalue weighted by Gasteiger charge is -2.11. The molecule has 2 nitrogen and oxygen atoms in total. The van der Waals surface area contributed by atoms with Gasteiger partial charge in [0.05, 0.1) is 0 Å². The molecule has 1 N–H and O–H groups in total. The quantitative estimate of drug-likeness (QED) is 0.471. The maximum atomic E-state index is 12.9. The zero-order valence-corrected chi connectivity index (χ0v) is 15.3. The lowest BCUT2D eigenvalue weighted by molar-refractivity contribution is -0.115. The fraction of sp³-hybridized carbons (Fsp3) is 0.0870. The van der Waals surface area contributed by atoms with Crippen molar-refractivity contribution in [2.45, 2.75) is 13.5 Å². The molecule has 0 heterocycles. The third-order valence-electron chi connectivity index (χ3n) is 4.07. The zero-order chi connectivity index (χ0) is 18.4. The van der Waals surface area contributed by atoms with Crippen LogP contribution in [0.3, 0.4) is 0 Å². The van der Waals surface area contributed by atoms with Crippen molar-refractivity contribution < 1.29 is 4.79 Å². The van der Waals surface area contributed by atoms with Gasteiger partial charge in [-0.05, 0) is 35.8 Å². The summed E-state index contributed by atoms with van der Waals surface area (Å²) in [6, 6.07) is 25.2. The summed E-state index contributed by atoms with van der Waals surface area (Å²) < 4.78 is 0. The molecule has 26 heavy (non-hydrogen) atoms. The number of rotatable bonds is 5. The van der Waals surface area contributed by atoms with Crippen molar-refractivity contribution in [3.8, 4) is 0 Å². The highest BCUT2D eigenvalue weighted by Gasteiger charge is 2.12. The predicted molar refractivity (Wildman–Crippen MR) is 109 cm³/mol. The van der Waals surface area contributed by atoms with E-state index in [0.29, 0.717) is 17.1 Å². The SMILES string of the molecule is Cc1cccc(CNC(=O)/C(=C/c2ccccc2Cl)c2ccccc2)c1. The highest BCUT2D eigenvalue weighted by molar-refractivity contribution is 6.33. The van der Waals surface area contributed by atoms with Gasteiger partial charge in [-0.25, -0.2) is 0 Å². The zero-order valence-electron chi connectivity index (χ0n) is 14.6. The monoisotopic (exact) mass is 361 g/mol. The first kappa shape index (κ1) is 18.0. The Balaban J connectivity index is 1.88. The van der Waals surface area contributed by atoms with E-state index in [2.05, 4.69) is 11.4 Å². The maximum Gasteiger partial charge on any atom is 0.252 e. The largest absolute Gasteiger partial charge is 0.348 e. The van der Waals surface area contributed by atoms with Crippen molar-refractivity contribution in [1.29, 1.82) is 0 Å². The molecule has 3 aromatic carbocycles. The van der Waals surface area contributed by atoms with Gasteiger partial charge in [-0.3, -0.25) is 4.79 Å². The standard InChI is InChI=1S/C23H20ClNO/c1-17-8-7-9-18(14-17)16-25-23(26)21(19-10-3-2-4-11-19)15-20-12-5-6-13-22(20)24/h2-15H,16H2,1H3,(H,25,26)/b21-15+. The number of amides is 1. The topological polar surface area (TPSA) is 29.1 Å². The Morgan fingerprint density at radius 2 is 1.69 bits per heavy atom. The van der Waals surface area contributed by atoms with Crippen molar-refractivity contribution in [3.63, 3.8) is 0 Å². The molecule has 0 atom stereocenters. The Morgan fingerprint density at radius 3 is 2.42 bits per heavy atom. The molecule has 0 aliphatic carbocycles. The average molecular weight is 362 g/mol. The Bertz CT molecular complexity index is 932. The molecular weight excluding hydrogens is 342 g/mol. The van der Waals surface area contributed by atoms with E-state index in [4.69, 9.17) is 11.6 Å². The highest BCUT2D eigenvalue weighted by Crippen LogP contribution is 2.23. The first-order valence-electron chi connectivity index (χ1n) is 8.49. The molecule has 0 aliphatic heterocycles. The van der Waals surface area contributed by atoms with Gasteiger partial charge >= 0.3 is 0 Å². The molecule has 0 radical (unpaired) electrons. The second kappa shape index (κ2) is 8.50. The van der Waals surface area contributed by atoms with Gasteiger partial charge in [0.2, 0.25) is 0 Å². The number of halogens is 1. The molecule has 0 aliphatic rings. The maximum absolute atomic E-state index is 12.9. The lowest BCUT2D eigenvalue weighted by Crippen LogP contribution is -2.23. The van der Waals surface area contributed by atoms with Crippen LogP contribution in [0.25, 0.3) is 11.6 Å². The third-order valence-corrected chi connectivity index (χ3v) is 4.41. The van der Waals surface area contributed by atoms with Gasteiger partial charge in [0, 0.05) is 17.1 Å². The van der Waals surface area contributed by atoms with Crippen molar-refractivity contribution in [2.24, 2.45) is 0 Å². The fourth-order valence-corrected chi connectivity index (χ4v) is 2.94. The van der Waals surface area contributed by atoms with E-state index < -0.39 is 0 Å². The van der Waals surface area contributed by atoms with Crippen LogP contribution >= 0.6 is 11.6 Å². The summed E-state index contributed by atoms with van der Waals surface area (Å²) in [5.74, 6) is -0.127. The molecular formula is C23H20ClNO. The molecule has 0 fully saturated rings. The summed E-state index contributed by atoms with van der Waals surface area (Å²) in [6.07, 6.45) is 1.84. The fourth-order valence-electron chi connectivity index (χ4n) is 2.75. The highest BCUT2D eigenvalue weighted by atomic mass is 35.5. The summed E-state index contributed by atoms with van der Waals surface area (Å²) >= 11 is 6.27. The van der Waals surface area contributed by atoms with Crippen molar-refractivity contribution in [3.05, 3.63) is 106 Å². The van der Waals surface area contributed by atoms with Crippen molar-refractivity contribution in [1.82, 2.24) is 5.32 Å². The lowest BCUT2D eigenvalue weighted by atomic mass is 10.0. The van der Waals surface area contributed by atoms with Crippen molar-refractivity contribution >= 4 is 29.2 Å². The van der Waals surface area contributed by atoms with Crippen molar-refractivity contribution in [2.75, 3.05) is 0 Å². The number of benzene rings is 3. The van der Waals surface area contributed by atoms with Crippen LogP contribution in [0.5, 0.6) is 0 Å². The van der Waals surface area contributed by atoms with E-state index in [-0.39, 0.29) is 5.91 Å². The number of hydrogen-bond acceptors (Lipinski definition) is 1. The number of nitrogens with one attached hydrogen (secondary N) is 1. The smallest absolute Gasteiger partial charge is 0.252 e. The van der Waals surface area contributed by atoms with E-state index in [0.717, 1.165) is 16.7 Å². The number of carbonyl (C=O) groups is 1. The molecule has 0 saturated heterocycles. The molecule has 3 heteroatoms. The van der Waals surface area contributed by atoms with E-state index in [1.54, 1.807) is 0 Å². The molecule has 0 spiro atoms. The van der Waals surface area contributed by atoms with Crippen LogP contribution in [0.4, 0.5) is 0 Å². The molecule has 130 valence electrons. The van der Waals surface area contributed by atoms with Crippen LogP contribution in [0.1, 0.15) is 22.3 Å². The van der Waals surface area contributed by atoms with Gasteiger partial charge in [-0.15, -0.1) is 0 Å². The van der Waals surface area contributed by atoms with Crippen LogP contribution in [0.15, 0.2) is 78.9 Å². The number of aryl methyl sites for hydroxylation is 1. The molecule has 0 saturated carbocycles. The third kappa shape index (κ3) is 4.62. The summed E-state index contributed by atoms with van der Waals surface area (Å²) in [7, 11) is 0. The minimum absolute atomic E-state index is 0.127. The summed E-state index contributed by atoms with van der Waals surface area (Å²) in [4.78, 5) is 12.9. The van der Waals surface area contributed by atoms with E-state index in [1.807, 2.05) is 85.8 Å². The van der Waals surface area contributed by atoms with Crippen LogP contribution in [0, 0.1) is 6.92 Å². The van der Waals surface area contributed by atoms with E-state index in [1.165, 1.54) is 5.56 Å². The second-order valence-electron chi connectivity index (χ2n) is 6.12. The molecule has 1 amide bonds. The van der Waals surface area contributed by atoms with Gasteiger partial charge in [0.1, 0.15) is 0 Å². The van der Waals surface area contributed by atoms with Gasteiger partial charge in [0.15, 0.2) is 0 Å². The summed E-state index contributed by atoms with van der Waals surface area (Å²) in [5, 5.41) is 3.63. The summed E-state index contributed by atoms with van der Waals surface area (Å²) in [6.45, 7) is 2.52. The van der Waals surface area contributed by atoms with Crippen LogP contribution in [-0.2, 0) is 11.3 Å². The normalized spacial score (nSPS) is 11.2. The van der Waals surface area contributed by atoms with Crippen LogP contribution < -0.4 is 5.32 Å². The predicted octanol–water partition coefficient (Wildman–Crippen LogP) is 5.51. The van der Waals surface area contributed by atoms with Gasteiger partial charge in [0.25, 0.3) is 5.91 Å². The Kier molecular flexibility index (Phi) is 5.88. The van der Waals surface area contributed by atoms with Gasteiger partial charge < -0.3 is 5.32 Å².